The van der Waals surface area contributed by atoms with E-state index < -0.39 is 0 Å². The van der Waals surface area contributed by atoms with Crippen LogP contribution in [0.15, 0.2) is 89.3 Å². The second-order valence-corrected chi connectivity index (χ2v) is 10.3. The van der Waals surface area contributed by atoms with Crippen molar-refractivity contribution in [2.75, 3.05) is 50.8 Å². The molecule has 4 aliphatic heterocycles. The third-order valence-electron chi connectivity index (χ3n) is 7.62. The van der Waals surface area contributed by atoms with Crippen molar-refractivity contribution < 1.29 is 4.74 Å². The summed E-state index contributed by atoms with van der Waals surface area (Å²) in [5.74, 6) is 2.58. The lowest BCUT2D eigenvalue weighted by atomic mass is 10.0. The minimum absolute atomic E-state index is 0.178. The minimum atomic E-state index is 0.178. The maximum atomic E-state index is 5.66. The average molecular weight is 611 g/mol. The number of amidine groups is 2. The van der Waals surface area contributed by atoms with Crippen molar-refractivity contribution in [2.24, 2.45) is 10.2 Å². The van der Waals surface area contributed by atoms with E-state index in [4.69, 9.17) is 4.74 Å². The van der Waals surface area contributed by atoms with Crippen LogP contribution in [-0.2, 0) is 11.3 Å². The van der Waals surface area contributed by atoms with Crippen molar-refractivity contribution in [1.82, 2.24) is 56.2 Å². The number of tetrazole rings is 1. The molecular weight excluding hydrogens is 572 g/mol. The van der Waals surface area contributed by atoms with Crippen molar-refractivity contribution >= 4 is 23.1 Å². The van der Waals surface area contributed by atoms with Gasteiger partial charge in [0.2, 0.25) is 0 Å². The SMILES string of the molecule is C1=CC(N2CCOCC2c2ccccc2)=NN2NNN=C12.CC.c1cncc(CN2CCN(c3ccc4nnnn4n3)CC2)c1. The first kappa shape index (κ1) is 30.1. The maximum Gasteiger partial charge on any atom is 0.200 e. The largest absolute Gasteiger partial charge is 0.377 e. The Hall–Kier alpha value is -4.99. The number of anilines is 1. The van der Waals surface area contributed by atoms with Crippen LogP contribution < -0.4 is 16.0 Å². The van der Waals surface area contributed by atoms with E-state index in [-0.39, 0.29) is 6.04 Å². The predicted molar refractivity (Wildman–Crippen MR) is 170 cm³/mol. The lowest BCUT2D eigenvalue weighted by Gasteiger charge is -2.38. The molecule has 2 fully saturated rings. The lowest BCUT2D eigenvalue weighted by molar-refractivity contribution is 0.0253. The maximum absolute atomic E-state index is 5.66. The molecule has 15 heteroatoms. The Morgan fingerprint density at radius 3 is 2.58 bits per heavy atom. The zero-order chi connectivity index (χ0) is 30.8. The van der Waals surface area contributed by atoms with Crippen LogP contribution in [0.1, 0.15) is 31.0 Å². The van der Waals surface area contributed by atoms with E-state index >= 15 is 0 Å². The highest BCUT2D eigenvalue weighted by Crippen LogP contribution is 2.25. The Kier molecular flexibility index (Phi) is 9.79. The summed E-state index contributed by atoms with van der Waals surface area (Å²) in [6.07, 6.45) is 7.67. The Bertz CT molecular complexity index is 1600. The fraction of sp³-hybridized carbons (Fsp3) is 0.367. The number of piperazine rings is 1. The summed E-state index contributed by atoms with van der Waals surface area (Å²) >= 11 is 0. The third-order valence-corrected chi connectivity index (χ3v) is 7.62. The number of hydrogen-bond donors (Lipinski definition) is 2. The number of morpholine rings is 1. The molecule has 7 heterocycles. The van der Waals surface area contributed by atoms with Gasteiger partial charge in [-0.25, -0.2) is 5.53 Å². The van der Waals surface area contributed by atoms with Crippen LogP contribution in [0.25, 0.3) is 5.65 Å². The van der Waals surface area contributed by atoms with E-state index in [2.05, 4.69) is 91.9 Å². The molecule has 15 nitrogen and oxygen atoms in total. The molecule has 1 unspecified atom stereocenters. The minimum Gasteiger partial charge on any atom is -0.377 e. The summed E-state index contributed by atoms with van der Waals surface area (Å²) in [7, 11) is 0. The van der Waals surface area contributed by atoms with Gasteiger partial charge in [-0.1, -0.05) is 50.2 Å². The molecule has 0 amide bonds. The van der Waals surface area contributed by atoms with Gasteiger partial charge in [0.15, 0.2) is 23.1 Å². The normalized spacial score (nSPS) is 19.4. The summed E-state index contributed by atoms with van der Waals surface area (Å²) in [5, 5.41) is 26.0. The van der Waals surface area contributed by atoms with Gasteiger partial charge in [0, 0.05) is 51.7 Å². The van der Waals surface area contributed by atoms with Crippen molar-refractivity contribution in [3.8, 4) is 0 Å². The van der Waals surface area contributed by atoms with Crippen LogP contribution in [0, 0.1) is 0 Å². The van der Waals surface area contributed by atoms with Gasteiger partial charge in [-0.05, 0) is 51.9 Å². The van der Waals surface area contributed by atoms with E-state index in [1.54, 1.807) is 5.12 Å². The summed E-state index contributed by atoms with van der Waals surface area (Å²) in [5.41, 5.74) is 8.71. The number of hydrazone groups is 2. The number of ether oxygens (including phenoxy) is 1. The number of pyridine rings is 1. The number of benzene rings is 1. The number of aromatic nitrogens is 6. The molecule has 8 rings (SSSR count). The number of fused-ring (bicyclic) bond motifs is 2. The van der Waals surface area contributed by atoms with Crippen molar-refractivity contribution in [3.63, 3.8) is 0 Å². The molecule has 0 bridgehead atoms. The van der Waals surface area contributed by atoms with Gasteiger partial charge in [0.25, 0.3) is 0 Å². The molecule has 0 aliphatic carbocycles. The highest BCUT2D eigenvalue weighted by atomic mass is 16.5. The van der Waals surface area contributed by atoms with Gasteiger partial charge in [-0.2, -0.15) is 5.12 Å². The fourth-order valence-electron chi connectivity index (χ4n) is 5.38. The molecule has 0 saturated carbocycles. The summed E-state index contributed by atoms with van der Waals surface area (Å²) in [4.78, 5) is 11.1. The Morgan fingerprint density at radius 2 is 1.76 bits per heavy atom. The molecule has 1 atom stereocenters. The Balaban J connectivity index is 0.000000151. The summed E-state index contributed by atoms with van der Waals surface area (Å²) < 4.78 is 7.13. The van der Waals surface area contributed by atoms with Crippen molar-refractivity contribution in [1.29, 1.82) is 0 Å². The van der Waals surface area contributed by atoms with Crippen LogP contribution in [0.3, 0.4) is 0 Å². The summed E-state index contributed by atoms with van der Waals surface area (Å²) in [6, 6.07) is 18.5. The second-order valence-electron chi connectivity index (χ2n) is 10.3. The average Bonchev–Trinajstić information content (AvgIpc) is 3.80. The van der Waals surface area contributed by atoms with Crippen LogP contribution in [0.2, 0.25) is 0 Å². The molecule has 3 aromatic heterocycles. The van der Waals surface area contributed by atoms with E-state index in [0.29, 0.717) is 18.9 Å². The van der Waals surface area contributed by atoms with Gasteiger partial charge in [0.1, 0.15) is 0 Å². The molecule has 2 N–H and O–H groups in total. The predicted octanol–water partition coefficient (Wildman–Crippen LogP) is 1.84. The standard InChI is InChI=1S/C14H16N8.C14H16N6O.C2H6/c1-2-12(10-15-5-1)11-20-6-8-21(9-7-20)14-4-3-13-16-18-19-22(13)17-14;1-2-4-11(5-3-1)12-10-21-9-8-19(12)14-7-6-13-15-17-18-20(13)16-14;1-2/h1-5,10H,6-9,11H2;1-7,12,17-18H,8-10H2;1-2H3. The highest BCUT2D eigenvalue weighted by molar-refractivity contribution is 6.05. The fourth-order valence-corrected chi connectivity index (χ4v) is 5.38. The number of hydrogen-bond acceptors (Lipinski definition) is 14. The smallest absolute Gasteiger partial charge is 0.200 e. The zero-order valence-corrected chi connectivity index (χ0v) is 25.5. The number of hydrazine groups is 2. The van der Waals surface area contributed by atoms with E-state index in [1.165, 1.54) is 15.8 Å². The third kappa shape index (κ3) is 7.22. The first-order valence-electron chi connectivity index (χ1n) is 15.3. The van der Waals surface area contributed by atoms with Crippen molar-refractivity contribution in [3.05, 3.63) is 90.3 Å². The number of rotatable bonds is 4. The Labute approximate surface area is 261 Å². The molecule has 0 radical (unpaired) electrons. The number of nitrogens with one attached hydrogen (secondary N) is 2. The molecule has 4 aliphatic rings. The Morgan fingerprint density at radius 1 is 0.911 bits per heavy atom. The van der Waals surface area contributed by atoms with Gasteiger partial charge >= 0.3 is 0 Å². The van der Waals surface area contributed by atoms with E-state index in [9.17, 15) is 0 Å². The van der Waals surface area contributed by atoms with Gasteiger partial charge in [-0.3, -0.25) is 9.88 Å². The lowest BCUT2D eigenvalue weighted by Crippen LogP contribution is -2.46. The van der Waals surface area contributed by atoms with Gasteiger partial charge in [-0.15, -0.1) is 30.6 Å². The molecule has 0 spiro atoms. The van der Waals surface area contributed by atoms with Gasteiger partial charge in [0.05, 0.1) is 19.3 Å². The topological polar surface area (TPSA) is 140 Å². The zero-order valence-electron chi connectivity index (χ0n) is 25.5. The molecular formula is C30H38N14O. The summed E-state index contributed by atoms with van der Waals surface area (Å²) in [6.45, 7) is 11.0. The first-order valence-corrected chi connectivity index (χ1v) is 15.3. The van der Waals surface area contributed by atoms with E-state index in [1.807, 2.05) is 62.7 Å². The molecule has 234 valence electrons. The molecule has 1 aromatic carbocycles. The molecule has 2 saturated heterocycles. The van der Waals surface area contributed by atoms with Crippen LogP contribution in [0.4, 0.5) is 5.82 Å². The van der Waals surface area contributed by atoms with Crippen LogP contribution in [-0.4, -0.2) is 103 Å². The molecule has 45 heavy (non-hydrogen) atoms. The number of nitrogens with zero attached hydrogens (tertiary/aromatic N) is 12. The van der Waals surface area contributed by atoms with Crippen molar-refractivity contribution in [2.45, 2.75) is 26.4 Å². The molecule has 4 aromatic rings. The van der Waals surface area contributed by atoms with Crippen LogP contribution in [0.5, 0.6) is 0 Å². The quantitative estimate of drug-likeness (QED) is 0.349. The highest BCUT2D eigenvalue weighted by Gasteiger charge is 2.29. The van der Waals surface area contributed by atoms with Gasteiger partial charge < -0.3 is 14.5 Å². The first-order chi connectivity index (χ1) is 22.3. The monoisotopic (exact) mass is 610 g/mol. The second kappa shape index (κ2) is 14.7. The van der Waals surface area contributed by atoms with E-state index in [0.717, 1.165) is 56.8 Å². The van der Waals surface area contributed by atoms with Crippen LogP contribution >= 0.6 is 0 Å².